The second-order valence-electron chi connectivity index (χ2n) is 8.70. The number of thioether (sulfide) groups is 1. The zero-order valence-corrected chi connectivity index (χ0v) is 21.8. The smallest absolute Gasteiger partial charge is 0.302 e. The third kappa shape index (κ3) is 4.82. The van der Waals surface area contributed by atoms with Crippen molar-refractivity contribution in [1.82, 2.24) is 10.2 Å². The number of carbonyl (C=O) groups is 2. The molecule has 1 saturated heterocycles. The van der Waals surface area contributed by atoms with E-state index in [2.05, 4.69) is 10.2 Å². The van der Waals surface area contributed by atoms with Crippen molar-refractivity contribution in [2.24, 2.45) is 0 Å². The molecule has 1 atom stereocenters. The number of aromatic nitrogens is 2. The van der Waals surface area contributed by atoms with E-state index in [0.717, 1.165) is 28.0 Å². The monoisotopic (exact) mass is 535 g/mol. The maximum Gasteiger partial charge on any atom is 0.302 e. The van der Waals surface area contributed by atoms with Crippen LogP contribution in [0.4, 0.5) is 9.52 Å². The number of Topliss-reactive ketones (excluding diaryl/α,β-unsaturated/α-hetero) is 1. The van der Waals surface area contributed by atoms with Crippen molar-refractivity contribution in [3.05, 3.63) is 99.8 Å². The van der Waals surface area contributed by atoms with E-state index >= 15 is 0 Å². The molecule has 1 aliphatic heterocycles. The van der Waals surface area contributed by atoms with Crippen LogP contribution < -0.4 is 4.90 Å². The summed E-state index contributed by atoms with van der Waals surface area (Å²) in [5.74, 6) is -0.765. The number of nitrogens with zero attached hydrogens (tertiary/aromatic N) is 3. The van der Waals surface area contributed by atoms with Gasteiger partial charge in [-0.2, -0.15) is 0 Å². The fraction of sp³-hybridized carbons (Fsp3) is 0.185. The number of aliphatic hydroxyl groups excluding tert-OH is 1. The second kappa shape index (κ2) is 9.95. The summed E-state index contributed by atoms with van der Waals surface area (Å²) in [6.07, 6.45) is 0. The lowest BCUT2D eigenvalue weighted by atomic mass is 9.96. The summed E-state index contributed by atoms with van der Waals surface area (Å²) in [5, 5.41) is 19.9. The van der Waals surface area contributed by atoms with Crippen molar-refractivity contribution in [3.8, 4) is 0 Å². The van der Waals surface area contributed by atoms with Gasteiger partial charge in [-0.3, -0.25) is 14.5 Å². The van der Waals surface area contributed by atoms with Crippen LogP contribution in [0.2, 0.25) is 0 Å². The number of aryl methyl sites for hydroxylation is 3. The summed E-state index contributed by atoms with van der Waals surface area (Å²) in [4.78, 5) is 27.8. The van der Waals surface area contributed by atoms with Gasteiger partial charge >= 0.3 is 5.91 Å². The van der Waals surface area contributed by atoms with Crippen molar-refractivity contribution < 1.29 is 23.5 Å². The van der Waals surface area contributed by atoms with Gasteiger partial charge in [0.1, 0.15) is 29.1 Å². The van der Waals surface area contributed by atoms with Crippen LogP contribution in [0, 0.1) is 26.6 Å². The number of aliphatic hydroxyl groups is 1. The van der Waals surface area contributed by atoms with Crippen molar-refractivity contribution in [1.29, 1.82) is 0 Å². The van der Waals surface area contributed by atoms with Crippen molar-refractivity contribution in [2.75, 3.05) is 4.90 Å². The van der Waals surface area contributed by atoms with Gasteiger partial charge < -0.3 is 9.52 Å². The lowest BCUT2D eigenvalue weighted by Gasteiger charge is -2.20. The van der Waals surface area contributed by atoms with E-state index in [-0.39, 0.29) is 22.3 Å². The molecule has 5 rings (SSSR count). The minimum atomic E-state index is -1.00. The Morgan fingerprint density at radius 1 is 1.08 bits per heavy atom. The van der Waals surface area contributed by atoms with E-state index in [1.54, 1.807) is 37.3 Å². The fourth-order valence-electron chi connectivity index (χ4n) is 4.12. The van der Waals surface area contributed by atoms with Crippen LogP contribution in [-0.4, -0.2) is 27.0 Å². The molecule has 188 valence electrons. The molecule has 0 bridgehead atoms. The normalized spacial score (nSPS) is 17.1. The molecule has 0 radical (unpaired) electrons. The van der Waals surface area contributed by atoms with Gasteiger partial charge in [-0.05, 0) is 62.2 Å². The average molecular weight is 536 g/mol. The topological polar surface area (TPSA) is 96.5 Å². The highest BCUT2D eigenvalue weighted by molar-refractivity contribution is 8.00. The minimum absolute atomic E-state index is 0.0660. The molecular formula is C27H22FN3O4S2. The largest absolute Gasteiger partial charge is 0.507 e. The lowest BCUT2D eigenvalue weighted by Crippen LogP contribution is -2.29. The zero-order valence-electron chi connectivity index (χ0n) is 20.2. The van der Waals surface area contributed by atoms with Crippen LogP contribution in [-0.2, 0) is 15.3 Å². The van der Waals surface area contributed by atoms with Crippen molar-refractivity contribution >= 4 is 45.7 Å². The number of hydrogen-bond donors (Lipinski definition) is 1. The fourth-order valence-corrected chi connectivity index (χ4v) is 5.94. The van der Waals surface area contributed by atoms with Gasteiger partial charge in [0.2, 0.25) is 5.13 Å². The number of ketones is 1. The van der Waals surface area contributed by atoms with Crippen molar-refractivity contribution in [2.45, 2.75) is 36.9 Å². The first-order valence-electron chi connectivity index (χ1n) is 11.4. The average Bonchev–Trinajstić information content (AvgIpc) is 3.58. The first-order chi connectivity index (χ1) is 17.7. The Labute approximate surface area is 220 Å². The quantitative estimate of drug-likeness (QED) is 0.105. The third-order valence-electron chi connectivity index (χ3n) is 6.00. The number of halogens is 1. The Bertz CT molecular complexity index is 1540. The molecule has 1 N–H and O–H groups in total. The van der Waals surface area contributed by atoms with Crippen molar-refractivity contribution in [3.63, 3.8) is 0 Å². The Morgan fingerprint density at radius 3 is 2.54 bits per heavy atom. The summed E-state index contributed by atoms with van der Waals surface area (Å²) < 4.78 is 19.6. The van der Waals surface area contributed by atoms with Crippen LogP contribution >= 0.6 is 23.1 Å². The van der Waals surface area contributed by atoms with Crippen LogP contribution in [0.1, 0.15) is 39.8 Å². The van der Waals surface area contributed by atoms with Gasteiger partial charge in [0.15, 0.2) is 4.34 Å². The number of rotatable bonds is 6. The van der Waals surface area contributed by atoms with Crippen LogP contribution in [0.25, 0.3) is 5.76 Å². The molecule has 0 aliphatic carbocycles. The number of benzene rings is 2. The lowest BCUT2D eigenvalue weighted by molar-refractivity contribution is -0.132. The van der Waals surface area contributed by atoms with Gasteiger partial charge in [-0.25, -0.2) is 4.39 Å². The molecule has 0 saturated carbocycles. The van der Waals surface area contributed by atoms with E-state index < -0.39 is 17.7 Å². The van der Waals surface area contributed by atoms with Crippen LogP contribution in [0.3, 0.4) is 0 Å². The van der Waals surface area contributed by atoms with Crippen LogP contribution in [0.5, 0.6) is 0 Å². The third-order valence-corrected chi connectivity index (χ3v) is 8.13. The predicted molar refractivity (Wildman–Crippen MR) is 140 cm³/mol. The van der Waals surface area contributed by atoms with Gasteiger partial charge in [-0.1, -0.05) is 52.9 Å². The SMILES string of the molecule is Cc1ccc(C)c(C(O)=C2C(=O)C(=O)N(c3nnc(SCc4ccc(F)cc4)s3)C2c2ccc(C)o2)c1. The Morgan fingerprint density at radius 2 is 1.84 bits per heavy atom. The number of hydrogen-bond acceptors (Lipinski definition) is 8. The molecule has 1 fully saturated rings. The highest BCUT2D eigenvalue weighted by atomic mass is 32.2. The summed E-state index contributed by atoms with van der Waals surface area (Å²) in [5.41, 5.74) is 2.98. The Hall–Kier alpha value is -3.76. The molecule has 10 heteroatoms. The van der Waals surface area contributed by atoms with Gasteiger partial charge in [0.25, 0.3) is 5.78 Å². The van der Waals surface area contributed by atoms with Gasteiger partial charge in [-0.15, -0.1) is 10.2 Å². The summed E-state index contributed by atoms with van der Waals surface area (Å²) in [6, 6.07) is 14.1. The first kappa shape index (κ1) is 24.9. The summed E-state index contributed by atoms with van der Waals surface area (Å²) >= 11 is 2.54. The molecule has 1 aliphatic rings. The van der Waals surface area contributed by atoms with E-state index in [4.69, 9.17) is 4.42 Å². The molecule has 3 heterocycles. The van der Waals surface area contributed by atoms with E-state index in [1.165, 1.54) is 28.8 Å². The number of anilines is 1. The number of furan rings is 1. The molecule has 2 aromatic carbocycles. The number of carbonyl (C=O) groups excluding carboxylic acids is 2. The van der Waals surface area contributed by atoms with E-state index in [1.807, 2.05) is 26.0 Å². The Balaban J connectivity index is 1.54. The molecule has 37 heavy (non-hydrogen) atoms. The van der Waals surface area contributed by atoms with E-state index in [0.29, 0.717) is 27.2 Å². The molecule has 2 aromatic heterocycles. The van der Waals surface area contributed by atoms with Gasteiger partial charge in [0.05, 0.1) is 5.57 Å². The highest BCUT2D eigenvalue weighted by Gasteiger charge is 2.50. The van der Waals surface area contributed by atoms with Crippen LogP contribution in [0.15, 0.2) is 68.9 Å². The molecule has 7 nitrogen and oxygen atoms in total. The maximum atomic E-state index is 13.3. The maximum absolute atomic E-state index is 13.3. The molecule has 1 unspecified atom stereocenters. The second-order valence-corrected chi connectivity index (χ2v) is 10.9. The summed E-state index contributed by atoms with van der Waals surface area (Å²) in [7, 11) is 0. The first-order valence-corrected chi connectivity index (χ1v) is 13.2. The molecule has 1 amide bonds. The van der Waals surface area contributed by atoms with E-state index in [9.17, 15) is 19.1 Å². The molecule has 4 aromatic rings. The Kier molecular flexibility index (Phi) is 6.70. The summed E-state index contributed by atoms with van der Waals surface area (Å²) in [6.45, 7) is 5.47. The predicted octanol–water partition coefficient (Wildman–Crippen LogP) is 6.11. The van der Waals surface area contributed by atoms with Gasteiger partial charge in [0, 0.05) is 11.3 Å². The highest BCUT2D eigenvalue weighted by Crippen LogP contribution is 2.44. The number of amides is 1. The minimum Gasteiger partial charge on any atom is -0.507 e. The molecule has 0 spiro atoms. The zero-order chi connectivity index (χ0) is 26.3. The standard InChI is InChI=1S/C27H22FN3O4S2/c1-14-4-5-15(2)19(12-14)23(32)21-22(20-11-6-16(3)35-20)31(25(34)24(21)33)26-29-30-27(37-26)36-13-17-7-9-18(28)10-8-17/h4-12,22,32H,13H2,1-3H3. The molecular weight excluding hydrogens is 513 g/mol.